The lowest BCUT2D eigenvalue weighted by atomic mass is 9.96. The molecule has 2 N–H and O–H groups in total. The van der Waals surface area contributed by atoms with Crippen LogP contribution in [0, 0.1) is 0 Å². The topological polar surface area (TPSA) is 103 Å². The van der Waals surface area contributed by atoms with Gasteiger partial charge in [-0.05, 0) is 6.42 Å². The number of nitrogens with one attached hydrogen (secondary N) is 1. The Kier molecular flexibility index (Phi) is 9.69. The maximum atomic E-state index is 12.5. The number of hydrogen-bond donors (Lipinski definition) is 2. The lowest BCUT2D eigenvalue weighted by Crippen LogP contribution is -2.65. The normalized spacial score (nSPS) is 26.8. The predicted octanol–water partition coefficient (Wildman–Crippen LogP) is 1.31. The zero-order valence-corrected chi connectivity index (χ0v) is 17.2. The molecule has 0 aromatic heterocycles. The summed E-state index contributed by atoms with van der Waals surface area (Å²) in [5.41, 5.74) is 0.586. The second kappa shape index (κ2) is 12.0. The average Bonchev–Trinajstić information content (AvgIpc) is 2.73. The summed E-state index contributed by atoms with van der Waals surface area (Å²) in [5.74, 6) is -0.559. The largest absolute Gasteiger partial charge is 0.463 e. The molecular weight excluding hydrogens is 378 g/mol. The van der Waals surface area contributed by atoms with Crippen LogP contribution in [0.2, 0.25) is 0 Å². The second-order valence-electron chi connectivity index (χ2n) is 6.96. The van der Waals surface area contributed by atoms with Crippen molar-refractivity contribution in [3.05, 3.63) is 35.9 Å². The van der Waals surface area contributed by atoms with E-state index in [4.69, 9.17) is 18.9 Å². The first-order valence-electron chi connectivity index (χ1n) is 9.90. The van der Waals surface area contributed by atoms with Gasteiger partial charge in [-0.1, -0.05) is 43.7 Å². The number of carbonyl (C=O) groups excluding carboxylic acids is 2. The molecule has 1 aliphatic rings. The molecule has 0 radical (unpaired) electrons. The highest BCUT2D eigenvalue weighted by atomic mass is 16.7. The molecule has 5 atom stereocenters. The van der Waals surface area contributed by atoms with Crippen molar-refractivity contribution in [2.75, 3.05) is 26.9 Å². The van der Waals surface area contributed by atoms with Crippen LogP contribution in [0.1, 0.15) is 37.0 Å². The fraction of sp³-hybridized carbons (Fsp3) is 0.619. The zero-order chi connectivity index (χ0) is 21.2. The fourth-order valence-corrected chi connectivity index (χ4v) is 3.17. The van der Waals surface area contributed by atoms with Gasteiger partial charge in [-0.25, -0.2) is 0 Å². The van der Waals surface area contributed by atoms with E-state index in [1.54, 1.807) is 24.3 Å². The molecule has 1 aromatic rings. The molecule has 0 spiro atoms. The standard InChI is InChI=1S/C21H31NO7/c1-4-5-11-27-20-18(22-12-16(24)15-9-7-6-8-10-15)21(26-3)29-17(19(20)25)13-28-14(2)23/h6-10,17-22,25H,4-5,11-13H2,1-3H3/t17?,18?,19-,20-,21-/m1/s1. The van der Waals surface area contributed by atoms with Crippen LogP contribution in [-0.4, -0.2) is 74.4 Å². The van der Waals surface area contributed by atoms with Crippen molar-refractivity contribution in [2.45, 2.75) is 57.3 Å². The van der Waals surface area contributed by atoms with Gasteiger partial charge in [0, 0.05) is 26.2 Å². The molecule has 2 unspecified atom stereocenters. The first-order valence-corrected chi connectivity index (χ1v) is 9.90. The molecule has 1 fully saturated rings. The van der Waals surface area contributed by atoms with Crippen molar-refractivity contribution < 1.29 is 33.6 Å². The molecule has 162 valence electrons. The maximum absolute atomic E-state index is 12.5. The summed E-state index contributed by atoms with van der Waals surface area (Å²) in [6.07, 6.45) is -1.56. The summed E-state index contributed by atoms with van der Waals surface area (Å²) in [7, 11) is 1.47. The summed E-state index contributed by atoms with van der Waals surface area (Å²) in [6.45, 7) is 3.70. The predicted molar refractivity (Wildman–Crippen MR) is 106 cm³/mol. The van der Waals surface area contributed by atoms with Crippen molar-refractivity contribution in [3.8, 4) is 0 Å². The lowest BCUT2D eigenvalue weighted by molar-refractivity contribution is -0.271. The number of aliphatic hydroxyl groups is 1. The molecule has 2 rings (SSSR count). The van der Waals surface area contributed by atoms with Crippen molar-refractivity contribution >= 4 is 11.8 Å². The molecule has 0 bridgehead atoms. The number of rotatable bonds is 11. The number of methoxy groups -OCH3 is 1. The smallest absolute Gasteiger partial charge is 0.302 e. The Morgan fingerprint density at radius 2 is 1.97 bits per heavy atom. The SMILES string of the molecule is CCCCO[C@@H]1C(NCC(=O)c2ccccc2)[C@H](OC)OC(COC(C)=O)[C@H]1O. The summed E-state index contributed by atoms with van der Waals surface area (Å²) in [5, 5.41) is 13.9. The van der Waals surface area contributed by atoms with Gasteiger partial charge >= 0.3 is 5.97 Å². The fourth-order valence-electron chi connectivity index (χ4n) is 3.17. The molecule has 1 heterocycles. The van der Waals surface area contributed by atoms with Crippen LogP contribution < -0.4 is 5.32 Å². The Labute approximate surface area is 171 Å². The minimum atomic E-state index is -1.05. The number of carbonyl (C=O) groups is 2. The van der Waals surface area contributed by atoms with Crippen LogP contribution in [0.5, 0.6) is 0 Å². The highest BCUT2D eigenvalue weighted by Gasteiger charge is 2.46. The molecule has 0 amide bonds. The van der Waals surface area contributed by atoms with Crippen LogP contribution in [0.25, 0.3) is 0 Å². The molecule has 1 aliphatic heterocycles. The summed E-state index contributed by atoms with van der Waals surface area (Å²) < 4.78 is 22.1. The van der Waals surface area contributed by atoms with Gasteiger partial charge in [-0.3, -0.25) is 14.9 Å². The lowest BCUT2D eigenvalue weighted by Gasteiger charge is -2.44. The summed E-state index contributed by atoms with van der Waals surface area (Å²) >= 11 is 0. The molecule has 0 aliphatic carbocycles. The molecule has 1 aromatic carbocycles. The minimum absolute atomic E-state index is 0.0346. The van der Waals surface area contributed by atoms with Gasteiger partial charge in [0.1, 0.15) is 24.9 Å². The second-order valence-corrected chi connectivity index (χ2v) is 6.96. The van der Waals surface area contributed by atoms with Gasteiger partial charge in [-0.2, -0.15) is 0 Å². The number of Topliss-reactive ketones (excluding diaryl/α,β-unsaturated/α-hetero) is 1. The van der Waals surface area contributed by atoms with E-state index in [1.807, 2.05) is 13.0 Å². The number of ether oxygens (including phenoxy) is 4. The third kappa shape index (κ3) is 6.87. The van der Waals surface area contributed by atoms with E-state index in [0.29, 0.717) is 12.2 Å². The Hall–Kier alpha value is -1.84. The van der Waals surface area contributed by atoms with Gasteiger partial charge < -0.3 is 24.1 Å². The van der Waals surface area contributed by atoms with Gasteiger partial charge in [0.05, 0.1) is 12.6 Å². The monoisotopic (exact) mass is 409 g/mol. The van der Waals surface area contributed by atoms with Crippen LogP contribution in [0.4, 0.5) is 0 Å². The maximum Gasteiger partial charge on any atom is 0.302 e. The molecular formula is C21H31NO7. The zero-order valence-electron chi connectivity index (χ0n) is 17.2. The van der Waals surface area contributed by atoms with Crippen molar-refractivity contribution in [3.63, 3.8) is 0 Å². The van der Waals surface area contributed by atoms with Gasteiger partial charge in [0.2, 0.25) is 0 Å². The van der Waals surface area contributed by atoms with Crippen molar-refractivity contribution in [1.29, 1.82) is 0 Å². The number of hydrogen-bond acceptors (Lipinski definition) is 8. The van der Waals surface area contributed by atoms with Gasteiger partial charge in [0.15, 0.2) is 12.1 Å². The molecule has 8 heteroatoms. The molecule has 8 nitrogen and oxygen atoms in total. The van der Waals surface area contributed by atoms with E-state index in [1.165, 1.54) is 14.0 Å². The minimum Gasteiger partial charge on any atom is -0.463 e. The first kappa shape index (κ1) is 23.4. The van der Waals surface area contributed by atoms with Crippen LogP contribution in [-0.2, 0) is 23.7 Å². The number of esters is 1. The van der Waals surface area contributed by atoms with E-state index >= 15 is 0 Å². The van der Waals surface area contributed by atoms with Crippen molar-refractivity contribution in [1.82, 2.24) is 5.32 Å². The van der Waals surface area contributed by atoms with E-state index in [9.17, 15) is 14.7 Å². The molecule has 29 heavy (non-hydrogen) atoms. The van der Waals surface area contributed by atoms with E-state index < -0.39 is 36.6 Å². The third-order valence-electron chi connectivity index (χ3n) is 4.76. The number of unbranched alkanes of at least 4 members (excludes halogenated alkanes) is 1. The van der Waals surface area contributed by atoms with Gasteiger partial charge in [-0.15, -0.1) is 0 Å². The number of benzene rings is 1. The molecule has 1 saturated heterocycles. The van der Waals surface area contributed by atoms with E-state index in [-0.39, 0.29) is 18.9 Å². The summed E-state index contributed by atoms with van der Waals surface area (Å²) in [4.78, 5) is 23.6. The number of ketones is 1. The quantitative estimate of drug-likeness (QED) is 0.320. The summed E-state index contributed by atoms with van der Waals surface area (Å²) in [6, 6.07) is 8.36. The first-order chi connectivity index (χ1) is 14.0. The Morgan fingerprint density at radius 1 is 1.24 bits per heavy atom. The van der Waals surface area contributed by atoms with Gasteiger partial charge in [0.25, 0.3) is 0 Å². The van der Waals surface area contributed by atoms with Crippen molar-refractivity contribution in [2.24, 2.45) is 0 Å². The van der Waals surface area contributed by atoms with Crippen LogP contribution in [0.3, 0.4) is 0 Å². The van der Waals surface area contributed by atoms with Crippen LogP contribution >= 0.6 is 0 Å². The highest BCUT2D eigenvalue weighted by molar-refractivity contribution is 5.97. The number of aliphatic hydroxyl groups excluding tert-OH is 1. The Bertz CT molecular complexity index is 639. The van der Waals surface area contributed by atoms with E-state index in [0.717, 1.165) is 12.8 Å². The molecule has 0 saturated carbocycles. The van der Waals surface area contributed by atoms with Crippen LogP contribution in [0.15, 0.2) is 30.3 Å². The third-order valence-corrected chi connectivity index (χ3v) is 4.76. The Morgan fingerprint density at radius 3 is 2.59 bits per heavy atom. The highest BCUT2D eigenvalue weighted by Crippen LogP contribution is 2.25. The Balaban J connectivity index is 2.10. The average molecular weight is 409 g/mol. The van der Waals surface area contributed by atoms with E-state index in [2.05, 4.69) is 5.32 Å².